The van der Waals surface area contributed by atoms with E-state index in [1.54, 1.807) is 0 Å². The largest absolute Gasteiger partial charge is 0.481 e. The van der Waals surface area contributed by atoms with Crippen molar-refractivity contribution in [2.24, 2.45) is 0 Å². The molecule has 8 heteroatoms. The van der Waals surface area contributed by atoms with Crippen LogP contribution in [0.4, 0.5) is 10.5 Å². The third kappa shape index (κ3) is 4.41. The summed E-state index contributed by atoms with van der Waals surface area (Å²) in [5.41, 5.74) is 6.05. The summed E-state index contributed by atoms with van der Waals surface area (Å²) in [6.45, 7) is 0.493. The molecule has 0 saturated heterocycles. The quantitative estimate of drug-likeness (QED) is 0.477. The second kappa shape index (κ2) is 9.54. The Morgan fingerprint density at radius 2 is 1.66 bits per heavy atom. The summed E-state index contributed by atoms with van der Waals surface area (Å²) < 4.78 is 6.43. The van der Waals surface area contributed by atoms with E-state index < -0.39 is 30.4 Å². The van der Waals surface area contributed by atoms with E-state index in [4.69, 9.17) is 4.74 Å². The fourth-order valence-electron chi connectivity index (χ4n) is 4.97. The molecule has 0 fully saturated rings. The van der Waals surface area contributed by atoms with E-state index in [1.807, 2.05) is 66.7 Å². The number of nitrogens with one attached hydrogen (secondary N) is 1. The van der Waals surface area contributed by atoms with Crippen LogP contribution in [0, 0.1) is 0 Å². The minimum atomic E-state index is -1.24. The Balaban J connectivity index is 1.30. The molecular formula is C27H23BrN2O5. The van der Waals surface area contributed by atoms with Crippen molar-refractivity contribution >= 4 is 39.6 Å². The monoisotopic (exact) mass is 534 g/mol. The van der Waals surface area contributed by atoms with Gasteiger partial charge in [0.05, 0.1) is 6.42 Å². The van der Waals surface area contributed by atoms with E-state index in [2.05, 4.69) is 21.2 Å². The molecule has 1 unspecified atom stereocenters. The number of rotatable bonds is 6. The van der Waals surface area contributed by atoms with Crippen molar-refractivity contribution in [3.05, 3.63) is 87.9 Å². The Labute approximate surface area is 210 Å². The van der Waals surface area contributed by atoms with Gasteiger partial charge in [-0.15, -0.1) is 0 Å². The molecule has 0 radical (unpaired) electrons. The van der Waals surface area contributed by atoms with E-state index in [9.17, 15) is 19.5 Å². The molecule has 3 aromatic rings. The van der Waals surface area contributed by atoms with Crippen LogP contribution in [-0.4, -0.2) is 42.3 Å². The lowest BCUT2D eigenvalue weighted by Crippen LogP contribution is -2.49. The predicted molar refractivity (Wildman–Crippen MR) is 134 cm³/mol. The summed E-state index contributed by atoms with van der Waals surface area (Å²) in [5.74, 6) is -1.79. The zero-order valence-corrected chi connectivity index (χ0v) is 20.3. The molecule has 3 aromatic carbocycles. The van der Waals surface area contributed by atoms with Crippen LogP contribution in [0.1, 0.15) is 29.0 Å². The SMILES string of the molecule is O=C(O)CC(NC(=O)OCC1c2ccccc2-c2ccccc21)C(=O)N1CCc2c(Br)cccc21. The molecule has 2 amide bonds. The number of fused-ring (bicyclic) bond motifs is 4. The number of alkyl carbamates (subject to hydrolysis) is 1. The fraction of sp³-hybridized carbons (Fsp3) is 0.222. The number of ether oxygens (including phenoxy) is 1. The number of aliphatic carboxylic acids is 1. The second-order valence-corrected chi connectivity index (χ2v) is 9.45. The number of nitrogens with zero attached hydrogens (tertiary/aromatic N) is 1. The molecule has 0 bridgehead atoms. The molecule has 1 aliphatic heterocycles. The van der Waals surface area contributed by atoms with Crippen molar-refractivity contribution in [1.29, 1.82) is 0 Å². The van der Waals surface area contributed by atoms with Gasteiger partial charge in [-0.05, 0) is 46.4 Å². The summed E-state index contributed by atoms with van der Waals surface area (Å²) in [4.78, 5) is 39.0. The average molecular weight is 535 g/mol. The molecule has 1 aliphatic carbocycles. The Bertz CT molecular complexity index is 1280. The molecule has 1 heterocycles. The summed E-state index contributed by atoms with van der Waals surface area (Å²) in [6, 6.07) is 20.3. The third-order valence-electron chi connectivity index (χ3n) is 6.55. The molecule has 7 nitrogen and oxygen atoms in total. The van der Waals surface area contributed by atoms with Gasteiger partial charge in [0, 0.05) is 22.6 Å². The van der Waals surface area contributed by atoms with Gasteiger partial charge in [0.15, 0.2) is 0 Å². The minimum Gasteiger partial charge on any atom is -0.481 e. The number of amides is 2. The van der Waals surface area contributed by atoms with Gasteiger partial charge in [-0.25, -0.2) is 4.79 Å². The van der Waals surface area contributed by atoms with Gasteiger partial charge in [0.25, 0.3) is 0 Å². The smallest absolute Gasteiger partial charge is 0.407 e. The van der Waals surface area contributed by atoms with Gasteiger partial charge in [-0.3, -0.25) is 9.59 Å². The Hall–Kier alpha value is -3.65. The highest BCUT2D eigenvalue weighted by Crippen LogP contribution is 2.44. The second-order valence-electron chi connectivity index (χ2n) is 8.60. The predicted octanol–water partition coefficient (Wildman–Crippen LogP) is 4.72. The van der Waals surface area contributed by atoms with Crippen LogP contribution in [0.25, 0.3) is 11.1 Å². The Morgan fingerprint density at radius 3 is 2.31 bits per heavy atom. The van der Waals surface area contributed by atoms with Crippen LogP contribution in [0.15, 0.2) is 71.2 Å². The first-order chi connectivity index (χ1) is 16.9. The normalized spacial score (nSPS) is 14.6. The third-order valence-corrected chi connectivity index (χ3v) is 7.29. The summed E-state index contributed by atoms with van der Waals surface area (Å²) in [7, 11) is 0. The summed E-state index contributed by atoms with van der Waals surface area (Å²) >= 11 is 3.50. The first-order valence-electron chi connectivity index (χ1n) is 11.4. The molecular weight excluding hydrogens is 512 g/mol. The molecule has 35 heavy (non-hydrogen) atoms. The summed E-state index contributed by atoms with van der Waals surface area (Å²) in [6.07, 6.45) is -0.712. The Kier molecular flexibility index (Phi) is 6.30. The number of halogens is 1. The fourth-order valence-corrected chi connectivity index (χ4v) is 5.52. The molecule has 2 N–H and O–H groups in total. The zero-order chi connectivity index (χ0) is 24.5. The number of hydrogen-bond donors (Lipinski definition) is 2. The lowest BCUT2D eigenvalue weighted by Gasteiger charge is -2.24. The van der Waals surface area contributed by atoms with Crippen LogP contribution in [-0.2, 0) is 20.7 Å². The van der Waals surface area contributed by atoms with Crippen LogP contribution in [0.2, 0.25) is 0 Å². The molecule has 1 atom stereocenters. The highest BCUT2D eigenvalue weighted by molar-refractivity contribution is 9.10. The first kappa shape index (κ1) is 23.1. The van der Waals surface area contributed by atoms with Crippen molar-refractivity contribution in [1.82, 2.24) is 5.32 Å². The van der Waals surface area contributed by atoms with Crippen LogP contribution < -0.4 is 10.2 Å². The average Bonchev–Trinajstić information content (AvgIpc) is 3.42. The van der Waals surface area contributed by atoms with Crippen molar-refractivity contribution in [3.8, 4) is 11.1 Å². The number of carboxylic acids is 1. The number of benzene rings is 3. The molecule has 5 rings (SSSR count). The summed E-state index contributed by atoms with van der Waals surface area (Å²) in [5, 5.41) is 11.9. The molecule has 0 saturated carbocycles. The van der Waals surface area contributed by atoms with Crippen LogP contribution in [0.3, 0.4) is 0 Å². The van der Waals surface area contributed by atoms with Crippen molar-refractivity contribution in [2.75, 3.05) is 18.1 Å². The number of carboxylic acid groups (broad SMARTS) is 1. The van der Waals surface area contributed by atoms with E-state index in [0.29, 0.717) is 18.7 Å². The first-order valence-corrected chi connectivity index (χ1v) is 12.2. The lowest BCUT2D eigenvalue weighted by atomic mass is 9.98. The maximum Gasteiger partial charge on any atom is 0.407 e. The molecule has 2 aliphatic rings. The molecule has 0 aromatic heterocycles. The van der Waals surface area contributed by atoms with Gasteiger partial charge in [-0.2, -0.15) is 0 Å². The maximum absolute atomic E-state index is 13.3. The van der Waals surface area contributed by atoms with E-state index in [1.165, 1.54) is 4.90 Å². The van der Waals surface area contributed by atoms with Crippen molar-refractivity contribution in [2.45, 2.75) is 24.8 Å². The number of anilines is 1. The highest BCUT2D eigenvalue weighted by atomic mass is 79.9. The number of carbonyl (C=O) groups is 3. The molecule has 0 spiro atoms. The maximum atomic E-state index is 13.3. The topological polar surface area (TPSA) is 95.9 Å². The Morgan fingerprint density at radius 1 is 1.00 bits per heavy atom. The van der Waals surface area contributed by atoms with Gasteiger partial charge in [0.1, 0.15) is 12.6 Å². The van der Waals surface area contributed by atoms with Gasteiger partial charge < -0.3 is 20.1 Å². The lowest BCUT2D eigenvalue weighted by molar-refractivity contribution is -0.139. The van der Waals surface area contributed by atoms with E-state index in [0.717, 1.165) is 32.3 Å². The zero-order valence-electron chi connectivity index (χ0n) is 18.7. The van der Waals surface area contributed by atoms with Crippen LogP contribution in [0.5, 0.6) is 0 Å². The van der Waals surface area contributed by atoms with Crippen molar-refractivity contribution in [3.63, 3.8) is 0 Å². The van der Waals surface area contributed by atoms with Gasteiger partial charge in [0.2, 0.25) is 5.91 Å². The number of carbonyl (C=O) groups excluding carboxylic acids is 2. The number of hydrogen-bond acceptors (Lipinski definition) is 4. The minimum absolute atomic E-state index is 0.0767. The van der Waals surface area contributed by atoms with Crippen molar-refractivity contribution < 1.29 is 24.2 Å². The standard InChI is InChI=1S/C27H23BrN2O5/c28-22-10-5-11-24-20(22)12-13-30(24)26(33)23(14-25(31)32)29-27(34)35-15-21-18-8-3-1-6-16(18)17-7-2-4-9-19(17)21/h1-11,21,23H,12-15H2,(H,29,34)(H,31,32). The highest BCUT2D eigenvalue weighted by Gasteiger charge is 2.34. The van der Waals surface area contributed by atoms with Gasteiger partial charge in [-0.1, -0.05) is 70.5 Å². The van der Waals surface area contributed by atoms with E-state index >= 15 is 0 Å². The van der Waals surface area contributed by atoms with E-state index in [-0.39, 0.29) is 12.5 Å². The van der Waals surface area contributed by atoms with Crippen LogP contribution >= 0.6 is 15.9 Å². The molecule has 178 valence electrons. The van der Waals surface area contributed by atoms with Gasteiger partial charge >= 0.3 is 12.1 Å².